The van der Waals surface area contributed by atoms with Crippen LogP contribution in [0.25, 0.3) is 0 Å². The summed E-state index contributed by atoms with van der Waals surface area (Å²) < 4.78 is 18.6. The fourth-order valence-electron chi connectivity index (χ4n) is 1.56. The summed E-state index contributed by atoms with van der Waals surface area (Å²) in [5.74, 6) is -1.87. The Bertz CT molecular complexity index is 734. The van der Waals surface area contributed by atoms with E-state index in [9.17, 15) is 19.3 Å². The quantitative estimate of drug-likeness (QED) is 0.661. The highest BCUT2D eigenvalue weighted by Crippen LogP contribution is 2.35. The third-order valence-corrected chi connectivity index (χ3v) is 3.14. The van der Waals surface area contributed by atoms with Crippen LogP contribution in [0.3, 0.4) is 0 Å². The molecule has 0 aliphatic carbocycles. The van der Waals surface area contributed by atoms with Gasteiger partial charge in [-0.25, -0.2) is 9.18 Å². The van der Waals surface area contributed by atoms with E-state index in [-0.39, 0.29) is 21.5 Å². The van der Waals surface area contributed by atoms with E-state index in [1.807, 2.05) is 0 Å². The molecule has 2 rings (SSSR count). The Morgan fingerprint density at radius 2 is 1.95 bits per heavy atom. The lowest BCUT2D eigenvalue weighted by atomic mass is 10.2. The van der Waals surface area contributed by atoms with E-state index in [2.05, 4.69) is 15.9 Å². The van der Waals surface area contributed by atoms with Gasteiger partial charge in [-0.1, -0.05) is 0 Å². The van der Waals surface area contributed by atoms with Crippen LogP contribution < -0.4 is 4.74 Å². The van der Waals surface area contributed by atoms with Gasteiger partial charge in [0.15, 0.2) is 0 Å². The number of nitro benzene ring substituents is 1. The van der Waals surface area contributed by atoms with Crippen molar-refractivity contribution >= 4 is 27.6 Å². The number of nitrogens with zero attached hydrogens (tertiary/aromatic N) is 1. The molecule has 0 bridgehead atoms. The summed E-state index contributed by atoms with van der Waals surface area (Å²) in [5.41, 5.74) is -0.551. The zero-order chi connectivity index (χ0) is 15.6. The number of rotatable bonds is 4. The van der Waals surface area contributed by atoms with Crippen molar-refractivity contribution in [2.24, 2.45) is 0 Å². The molecule has 0 spiro atoms. The smallest absolute Gasteiger partial charge is 0.335 e. The first-order valence-electron chi connectivity index (χ1n) is 5.53. The van der Waals surface area contributed by atoms with Crippen molar-refractivity contribution in [1.82, 2.24) is 0 Å². The molecule has 0 aliphatic rings. The lowest BCUT2D eigenvalue weighted by Gasteiger charge is -2.09. The molecule has 6 nitrogen and oxygen atoms in total. The van der Waals surface area contributed by atoms with Gasteiger partial charge in [0.25, 0.3) is 0 Å². The van der Waals surface area contributed by atoms with E-state index >= 15 is 0 Å². The van der Waals surface area contributed by atoms with E-state index in [0.717, 1.165) is 30.3 Å². The first-order chi connectivity index (χ1) is 9.88. The van der Waals surface area contributed by atoms with E-state index in [1.165, 1.54) is 6.07 Å². The molecule has 0 aromatic heterocycles. The van der Waals surface area contributed by atoms with Crippen LogP contribution in [0.5, 0.6) is 11.5 Å². The zero-order valence-corrected chi connectivity index (χ0v) is 11.8. The molecule has 0 fully saturated rings. The molecule has 0 heterocycles. The number of aromatic carboxylic acids is 1. The summed E-state index contributed by atoms with van der Waals surface area (Å²) in [5, 5.41) is 19.9. The fraction of sp³-hybridized carbons (Fsp3) is 0. The Balaban J connectivity index is 2.48. The lowest BCUT2D eigenvalue weighted by Crippen LogP contribution is -2.00. The number of hydrogen-bond acceptors (Lipinski definition) is 4. The molecule has 0 aliphatic heterocycles. The Morgan fingerprint density at radius 3 is 2.52 bits per heavy atom. The Kier molecular flexibility index (Phi) is 4.18. The van der Waals surface area contributed by atoms with Gasteiger partial charge in [0.05, 0.1) is 15.0 Å². The molecular formula is C13H7BrFNO5. The van der Waals surface area contributed by atoms with Crippen molar-refractivity contribution in [3.8, 4) is 11.5 Å². The maximum atomic E-state index is 13.0. The van der Waals surface area contributed by atoms with Crippen molar-refractivity contribution in [3.63, 3.8) is 0 Å². The van der Waals surface area contributed by atoms with Crippen molar-refractivity contribution in [1.29, 1.82) is 0 Å². The average Bonchev–Trinajstić information content (AvgIpc) is 2.41. The van der Waals surface area contributed by atoms with Crippen molar-refractivity contribution < 1.29 is 24.0 Å². The minimum atomic E-state index is -1.24. The number of benzene rings is 2. The summed E-state index contributed by atoms with van der Waals surface area (Å²) in [6, 6.07) is 6.70. The number of carboxylic acid groups (broad SMARTS) is 1. The zero-order valence-electron chi connectivity index (χ0n) is 10.2. The van der Waals surface area contributed by atoms with Crippen LogP contribution in [-0.2, 0) is 0 Å². The summed E-state index contributed by atoms with van der Waals surface area (Å²) in [6.07, 6.45) is 0. The van der Waals surface area contributed by atoms with Crippen molar-refractivity contribution in [2.75, 3.05) is 0 Å². The number of hydrogen-bond donors (Lipinski definition) is 1. The van der Waals surface area contributed by atoms with E-state index in [1.54, 1.807) is 0 Å². The van der Waals surface area contributed by atoms with Crippen molar-refractivity contribution in [3.05, 3.63) is 62.4 Å². The first kappa shape index (κ1) is 14.9. The van der Waals surface area contributed by atoms with Gasteiger partial charge in [-0.15, -0.1) is 0 Å². The molecule has 0 saturated carbocycles. The highest BCUT2D eigenvalue weighted by molar-refractivity contribution is 9.10. The summed E-state index contributed by atoms with van der Waals surface area (Å²) in [7, 11) is 0. The predicted octanol–water partition coefficient (Wildman–Crippen LogP) is 3.99. The van der Waals surface area contributed by atoms with E-state index in [0.29, 0.717) is 0 Å². The Morgan fingerprint density at radius 1 is 1.24 bits per heavy atom. The topological polar surface area (TPSA) is 89.7 Å². The van der Waals surface area contributed by atoms with Gasteiger partial charge in [0, 0.05) is 12.1 Å². The maximum Gasteiger partial charge on any atom is 0.335 e. The van der Waals surface area contributed by atoms with Gasteiger partial charge in [0.1, 0.15) is 11.6 Å². The fourth-order valence-corrected chi connectivity index (χ4v) is 1.99. The average molecular weight is 356 g/mol. The van der Waals surface area contributed by atoms with Gasteiger partial charge >= 0.3 is 11.7 Å². The molecule has 21 heavy (non-hydrogen) atoms. The van der Waals surface area contributed by atoms with Crippen molar-refractivity contribution in [2.45, 2.75) is 0 Å². The molecule has 1 N–H and O–H groups in total. The molecular weight excluding hydrogens is 349 g/mol. The molecule has 108 valence electrons. The molecule has 8 heteroatoms. The van der Waals surface area contributed by atoms with Gasteiger partial charge < -0.3 is 9.84 Å². The number of carbonyl (C=O) groups is 1. The molecule has 2 aromatic rings. The molecule has 0 amide bonds. The second-order valence-corrected chi connectivity index (χ2v) is 4.78. The first-order valence-corrected chi connectivity index (χ1v) is 6.32. The summed E-state index contributed by atoms with van der Waals surface area (Å²) in [4.78, 5) is 21.2. The standard InChI is InChI=1S/C13H7BrFNO5/c14-9-6-8(15)2-4-11(9)21-12-5-7(13(17)18)1-3-10(12)16(19)20/h1-6H,(H,17,18). The Hall–Kier alpha value is -2.48. The third kappa shape index (κ3) is 3.34. The second-order valence-electron chi connectivity index (χ2n) is 3.92. The SMILES string of the molecule is O=C(O)c1ccc([N+](=O)[O-])c(Oc2ccc(F)cc2Br)c1. The maximum absolute atomic E-state index is 13.0. The van der Waals surface area contributed by atoms with Gasteiger partial charge in [0.2, 0.25) is 5.75 Å². The largest absolute Gasteiger partial charge is 0.478 e. The molecule has 0 saturated heterocycles. The normalized spacial score (nSPS) is 10.2. The van der Waals surface area contributed by atoms with E-state index in [4.69, 9.17) is 9.84 Å². The summed E-state index contributed by atoms with van der Waals surface area (Å²) in [6.45, 7) is 0. The van der Waals surface area contributed by atoms with Crippen LogP contribution in [0.15, 0.2) is 40.9 Å². The van der Waals surface area contributed by atoms with E-state index < -0.39 is 22.4 Å². The molecule has 0 radical (unpaired) electrons. The highest BCUT2D eigenvalue weighted by Gasteiger charge is 2.19. The predicted molar refractivity (Wildman–Crippen MR) is 74.2 cm³/mol. The minimum Gasteiger partial charge on any atom is -0.478 e. The van der Waals surface area contributed by atoms with Crippen LogP contribution >= 0.6 is 15.9 Å². The molecule has 2 aromatic carbocycles. The highest BCUT2D eigenvalue weighted by atomic mass is 79.9. The van der Waals surface area contributed by atoms with Crippen LogP contribution in [0, 0.1) is 15.9 Å². The number of carboxylic acids is 1. The van der Waals surface area contributed by atoms with Gasteiger partial charge in [-0.2, -0.15) is 0 Å². The third-order valence-electron chi connectivity index (χ3n) is 2.52. The van der Waals surface area contributed by atoms with Crippen LogP contribution in [-0.4, -0.2) is 16.0 Å². The molecule has 0 atom stereocenters. The van der Waals surface area contributed by atoms with Crippen LogP contribution in [0.4, 0.5) is 10.1 Å². The molecule has 0 unspecified atom stereocenters. The number of nitro groups is 1. The summed E-state index contributed by atoms with van der Waals surface area (Å²) >= 11 is 3.06. The second kappa shape index (κ2) is 5.88. The number of halogens is 2. The monoisotopic (exact) mass is 355 g/mol. The van der Waals surface area contributed by atoms with Gasteiger partial charge in [-0.3, -0.25) is 10.1 Å². The van der Waals surface area contributed by atoms with Crippen LogP contribution in [0.2, 0.25) is 0 Å². The van der Waals surface area contributed by atoms with Crippen LogP contribution in [0.1, 0.15) is 10.4 Å². The minimum absolute atomic E-state index is 0.127. The van der Waals surface area contributed by atoms with Gasteiger partial charge in [-0.05, 0) is 40.2 Å². The number of ether oxygens (including phenoxy) is 1. The Labute approximate surface area is 126 Å². The lowest BCUT2D eigenvalue weighted by molar-refractivity contribution is -0.385.